The Morgan fingerprint density at radius 1 is 1.12 bits per heavy atom. The van der Waals surface area contributed by atoms with Gasteiger partial charge in [0, 0.05) is 12.4 Å². The second-order valence-electron chi connectivity index (χ2n) is 8.54. The van der Waals surface area contributed by atoms with Crippen LogP contribution in [0.4, 0.5) is 0 Å². The molecule has 9 heteroatoms. The van der Waals surface area contributed by atoms with E-state index in [-0.39, 0.29) is 10.8 Å². The minimum Gasteiger partial charge on any atom is -0.468 e. The molecule has 0 unspecified atom stereocenters. The Bertz CT molecular complexity index is 1340. The highest BCUT2D eigenvalue weighted by Gasteiger charge is 2.43. The minimum atomic E-state index is -3.96. The number of sulfone groups is 1. The zero-order chi connectivity index (χ0) is 24.7. The summed E-state index contributed by atoms with van der Waals surface area (Å²) in [6.45, 7) is 6.36. The van der Waals surface area contributed by atoms with Crippen LogP contribution in [0.5, 0.6) is 0 Å². The molecule has 0 aliphatic rings. The van der Waals surface area contributed by atoms with Crippen molar-refractivity contribution in [2.45, 2.75) is 43.4 Å². The molecule has 3 rings (SSSR count). The van der Waals surface area contributed by atoms with Crippen LogP contribution in [0.2, 0.25) is 5.02 Å². The number of methoxy groups -OCH3 is 1. The summed E-state index contributed by atoms with van der Waals surface area (Å²) in [7, 11) is -1.01. The quantitative estimate of drug-likeness (QED) is 0.518. The van der Waals surface area contributed by atoms with E-state index in [1.807, 2.05) is 19.1 Å². The average Bonchev–Trinajstić information content (AvgIpc) is 3.09. The van der Waals surface area contributed by atoms with Gasteiger partial charge in [-0.2, -0.15) is 0 Å². The first-order chi connectivity index (χ1) is 15.3. The topological polar surface area (TPSA) is 94.5 Å². The number of benzene rings is 2. The molecule has 3 aromatic rings. The molecule has 1 amide bonds. The molecule has 33 heavy (non-hydrogen) atoms. The van der Waals surface area contributed by atoms with E-state index in [0.29, 0.717) is 16.3 Å². The summed E-state index contributed by atoms with van der Waals surface area (Å²) in [5.74, 6) is -1.11. The van der Waals surface area contributed by atoms with E-state index in [4.69, 9.17) is 11.6 Å². The summed E-state index contributed by atoms with van der Waals surface area (Å²) in [4.78, 5) is 24.9. The van der Waals surface area contributed by atoms with E-state index < -0.39 is 26.6 Å². The number of fused-ring (bicyclic) bond motifs is 1. The molecule has 0 saturated carbocycles. The van der Waals surface area contributed by atoms with Gasteiger partial charge in [0.1, 0.15) is 5.69 Å². The molecule has 0 bridgehead atoms. The number of nitrogens with zero attached hydrogens (tertiary/aromatic N) is 1. The summed E-state index contributed by atoms with van der Waals surface area (Å²) >= 11 is 6.34. The largest absolute Gasteiger partial charge is 0.468 e. The van der Waals surface area contributed by atoms with Gasteiger partial charge in [0.2, 0.25) is 0 Å². The Morgan fingerprint density at radius 3 is 2.30 bits per heavy atom. The van der Waals surface area contributed by atoms with Crippen molar-refractivity contribution in [1.29, 1.82) is 0 Å². The molecule has 0 aliphatic carbocycles. The van der Waals surface area contributed by atoms with Crippen molar-refractivity contribution in [3.05, 3.63) is 64.3 Å². The Kier molecular flexibility index (Phi) is 6.64. The molecule has 7 nitrogen and oxygen atoms in total. The van der Waals surface area contributed by atoms with Crippen molar-refractivity contribution in [2.24, 2.45) is 7.05 Å². The molecule has 0 fully saturated rings. The van der Waals surface area contributed by atoms with Gasteiger partial charge in [-0.15, -0.1) is 0 Å². The SMILES string of the molecule is COC(=O)C(C)(C)S(=O)(=O)c1ccc([C@@H](C)NC(=O)c2cc3c(Cl)cc(C)cc3n2C)cc1. The average molecular weight is 491 g/mol. The molecule has 0 spiro atoms. The third-order valence-corrected chi connectivity index (χ3v) is 8.59. The van der Waals surface area contributed by atoms with Crippen LogP contribution in [0.25, 0.3) is 10.9 Å². The van der Waals surface area contributed by atoms with Gasteiger partial charge in [0.25, 0.3) is 5.91 Å². The number of aryl methyl sites for hydroxylation is 2. The fourth-order valence-electron chi connectivity index (χ4n) is 3.68. The van der Waals surface area contributed by atoms with Crippen LogP contribution in [-0.2, 0) is 26.4 Å². The van der Waals surface area contributed by atoms with Gasteiger partial charge in [-0.3, -0.25) is 9.59 Å². The van der Waals surface area contributed by atoms with Crippen LogP contribution in [0, 0.1) is 6.92 Å². The maximum atomic E-state index is 13.0. The van der Waals surface area contributed by atoms with E-state index in [2.05, 4.69) is 10.1 Å². The number of aromatic nitrogens is 1. The molecule has 1 atom stereocenters. The predicted octanol–water partition coefficient (Wildman–Crippen LogP) is 4.36. The number of carbonyl (C=O) groups excluding carboxylic acids is 2. The maximum Gasteiger partial charge on any atom is 0.327 e. The van der Waals surface area contributed by atoms with Crippen molar-refractivity contribution < 1.29 is 22.7 Å². The Hall–Kier alpha value is -2.84. The first-order valence-electron chi connectivity index (χ1n) is 10.3. The van der Waals surface area contributed by atoms with Crippen LogP contribution in [-0.4, -0.2) is 36.7 Å². The molecular weight excluding hydrogens is 464 g/mol. The van der Waals surface area contributed by atoms with E-state index in [9.17, 15) is 18.0 Å². The monoisotopic (exact) mass is 490 g/mol. The number of carbonyl (C=O) groups is 2. The maximum absolute atomic E-state index is 13.0. The molecule has 1 N–H and O–H groups in total. The highest BCUT2D eigenvalue weighted by atomic mass is 35.5. The summed E-state index contributed by atoms with van der Waals surface area (Å²) in [6, 6.07) is 11.3. The Morgan fingerprint density at radius 2 is 1.73 bits per heavy atom. The van der Waals surface area contributed by atoms with Gasteiger partial charge in [0.15, 0.2) is 14.6 Å². The van der Waals surface area contributed by atoms with Crippen molar-refractivity contribution in [1.82, 2.24) is 9.88 Å². The molecule has 0 radical (unpaired) electrons. The van der Waals surface area contributed by atoms with Gasteiger partial charge >= 0.3 is 5.97 Å². The zero-order valence-corrected chi connectivity index (χ0v) is 21.0. The van der Waals surface area contributed by atoms with Gasteiger partial charge in [0.05, 0.1) is 28.6 Å². The molecular formula is C24H27ClN2O5S. The lowest BCUT2D eigenvalue weighted by Crippen LogP contribution is -2.41. The van der Waals surface area contributed by atoms with E-state index >= 15 is 0 Å². The first-order valence-corrected chi connectivity index (χ1v) is 12.2. The molecule has 1 heterocycles. The standard InChI is InChI=1S/C24H27ClN2O5S/c1-14-11-19(25)18-13-21(27(5)20(18)12-14)22(28)26-15(2)16-7-9-17(10-8-16)33(30,31)24(3,4)23(29)32-6/h7-13,15H,1-6H3,(H,26,28)/t15-/m1/s1. The van der Waals surface area contributed by atoms with E-state index in [1.54, 1.807) is 36.7 Å². The zero-order valence-electron chi connectivity index (χ0n) is 19.4. The molecule has 2 aromatic carbocycles. The predicted molar refractivity (Wildman–Crippen MR) is 128 cm³/mol. The van der Waals surface area contributed by atoms with Gasteiger partial charge < -0.3 is 14.6 Å². The summed E-state index contributed by atoms with van der Waals surface area (Å²) in [5.41, 5.74) is 3.04. The Labute approximate surface area is 198 Å². The fraction of sp³-hybridized carbons (Fsp3) is 0.333. The third-order valence-electron chi connectivity index (χ3n) is 5.88. The summed E-state index contributed by atoms with van der Waals surface area (Å²) < 4.78 is 30.5. The van der Waals surface area contributed by atoms with Gasteiger partial charge in [-0.05, 0) is 69.2 Å². The van der Waals surface area contributed by atoms with Crippen LogP contribution in [0.3, 0.4) is 0 Å². The van der Waals surface area contributed by atoms with E-state index in [1.165, 1.54) is 26.0 Å². The number of amides is 1. The van der Waals surface area contributed by atoms with Crippen molar-refractivity contribution in [2.75, 3.05) is 7.11 Å². The van der Waals surface area contributed by atoms with Crippen LogP contribution >= 0.6 is 11.6 Å². The number of nitrogens with one attached hydrogen (secondary N) is 1. The lowest BCUT2D eigenvalue weighted by atomic mass is 10.1. The van der Waals surface area contributed by atoms with Crippen molar-refractivity contribution >= 4 is 44.2 Å². The number of esters is 1. The first kappa shape index (κ1) is 24.8. The lowest BCUT2D eigenvalue weighted by molar-refractivity contribution is -0.142. The Balaban J connectivity index is 1.83. The number of halogens is 1. The van der Waals surface area contributed by atoms with Crippen molar-refractivity contribution in [3.63, 3.8) is 0 Å². The molecule has 1 aromatic heterocycles. The smallest absolute Gasteiger partial charge is 0.327 e. The normalized spacial score (nSPS) is 13.1. The highest BCUT2D eigenvalue weighted by molar-refractivity contribution is 7.93. The van der Waals surface area contributed by atoms with Crippen LogP contribution < -0.4 is 5.32 Å². The number of hydrogen-bond acceptors (Lipinski definition) is 5. The molecule has 0 saturated heterocycles. The van der Waals surface area contributed by atoms with Crippen molar-refractivity contribution in [3.8, 4) is 0 Å². The van der Waals surface area contributed by atoms with Gasteiger partial charge in [-0.25, -0.2) is 8.42 Å². The summed E-state index contributed by atoms with van der Waals surface area (Å²) in [6.07, 6.45) is 0. The number of rotatable bonds is 6. The number of hydrogen-bond donors (Lipinski definition) is 1. The lowest BCUT2D eigenvalue weighted by Gasteiger charge is -2.22. The highest BCUT2D eigenvalue weighted by Crippen LogP contribution is 2.29. The molecule has 0 aliphatic heterocycles. The second-order valence-corrected chi connectivity index (χ2v) is 11.4. The minimum absolute atomic E-state index is 0.00104. The van der Waals surface area contributed by atoms with Gasteiger partial charge in [-0.1, -0.05) is 23.7 Å². The van der Waals surface area contributed by atoms with E-state index in [0.717, 1.165) is 23.6 Å². The second kappa shape index (κ2) is 8.83. The third kappa shape index (κ3) is 4.37. The van der Waals surface area contributed by atoms with Crippen LogP contribution in [0.1, 0.15) is 48.4 Å². The summed E-state index contributed by atoms with van der Waals surface area (Å²) in [5, 5.41) is 4.32. The number of ether oxygens (including phenoxy) is 1. The fourth-order valence-corrected chi connectivity index (χ4v) is 5.39. The molecule has 176 valence electrons. The van der Waals surface area contributed by atoms with Crippen LogP contribution in [0.15, 0.2) is 47.4 Å².